The van der Waals surface area contributed by atoms with Crippen molar-refractivity contribution in [2.75, 3.05) is 13.1 Å². The first-order valence-corrected chi connectivity index (χ1v) is 11.1. The highest BCUT2D eigenvalue weighted by atomic mass is 19.4. The van der Waals surface area contributed by atoms with Crippen LogP contribution < -0.4 is 0 Å². The van der Waals surface area contributed by atoms with E-state index in [9.17, 15) is 22.8 Å². The molecule has 1 aliphatic heterocycles. The van der Waals surface area contributed by atoms with Gasteiger partial charge in [0.05, 0.1) is 11.3 Å². The van der Waals surface area contributed by atoms with E-state index in [-0.39, 0.29) is 11.7 Å². The molecule has 3 aromatic rings. The van der Waals surface area contributed by atoms with Gasteiger partial charge >= 0.3 is 6.18 Å². The standard InChI is InChI=1S/C26H27F3N2O2/c1-15-8-9-19(25(33)31-10-6-5-7-11-31)17(3)23(15)24(32)22-14-20-16(2)12-18(26(27,28)29)13-21(20)30(22)4/h8-9,12-14H,5-7,10-11H2,1-4H3. The summed E-state index contributed by atoms with van der Waals surface area (Å²) in [5.41, 5.74) is 2.62. The fraction of sp³-hybridized carbons (Fsp3) is 0.385. The highest BCUT2D eigenvalue weighted by Gasteiger charge is 2.32. The second kappa shape index (κ2) is 8.36. The van der Waals surface area contributed by atoms with Crippen LogP contribution in [0.1, 0.15) is 67.9 Å². The van der Waals surface area contributed by atoms with Crippen LogP contribution in [0.25, 0.3) is 10.9 Å². The Morgan fingerprint density at radius 3 is 2.21 bits per heavy atom. The number of aryl methyl sites for hydroxylation is 3. The zero-order valence-corrected chi connectivity index (χ0v) is 19.3. The summed E-state index contributed by atoms with van der Waals surface area (Å²) in [5.74, 6) is -0.381. The van der Waals surface area contributed by atoms with Gasteiger partial charge in [0.25, 0.3) is 5.91 Å². The number of alkyl halides is 3. The van der Waals surface area contributed by atoms with E-state index in [4.69, 9.17) is 0 Å². The molecule has 0 spiro atoms. The normalized spacial score (nSPS) is 14.7. The van der Waals surface area contributed by atoms with Gasteiger partial charge in [-0.15, -0.1) is 0 Å². The number of hydrogen-bond acceptors (Lipinski definition) is 2. The molecule has 0 unspecified atom stereocenters. The molecule has 1 fully saturated rings. The third kappa shape index (κ3) is 4.05. The van der Waals surface area contributed by atoms with Gasteiger partial charge in [0.1, 0.15) is 0 Å². The molecule has 0 aliphatic carbocycles. The number of piperidine rings is 1. The van der Waals surface area contributed by atoms with Gasteiger partial charge in [-0.3, -0.25) is 9.59 Å². The Bertz CT molecular complexity index is 1270. The number of carbonyl (C=O) groups excluding carboxylic acids is 2. The van der Waals surface area contributed by atoms with Crippen LogP contribution in [0.2, 0.25) is 0 Å². The predicted molar refractivity (Wildman–Crippen MR) is 122 cm³/mol. The SMILES string of the molecule is Cc1ccc(C(=O)N2CCCCC2)c(C)c1C(=O)c1cc2c(C)cc(C(F)(F)F)cc2n1C. The van der Waals surface area contributed by atoms with Gasteiger partial charge in [-0.2, -0.15) is 13.2 Å². The van der Waals surface area contributed by atoms with Gasteiger partial charge in [-0.1, -0.05) is 6.07 Å². The number of ketones is 1. The van der Waals surface area contributed by atoms with Crippen LogP contribution in [0.5, 0.6) is 0 Å². The lowest BCUT2D eigenvalue weighted by atomic mass is 9.92. The van der Waals surface area contributed by atoms with Crippen LogP contribution >= 0.6 is 0 Å². The Morgan fingerprint density at radius 1 is 0.909 bits per heavy atom. The van der Waals surface area contributed by atoms with Gasteiger partial charge in [-0.05, 0) is 81.0 Å². The lowest BCUT2D eigenvalue weighted by Gasteiger charge is -2.27. The minimum Gasteiger partial charge on any atom is -0.341 e. The monoisotopic (exact) mass is 456 g/mol. The van der Waals surface area contributed by atoms with Crippen LogP contribution in [0.4, 0.5) is 13.2 Å². The van der Waals surface area contributed by atoms with E-state index in [2.05, 4.69) is 0 Å². The quantitative estimate of drug-likeness (QED) is 0.455. The molecule has 2 aromatic carbocycles. The maximum atomic E-state index is 13.7. The van der Waals surface area contributed by atoms with Crippen molar-refractivity contribution in [1.29, 1.82) is 0 Å². The van der Waals surface area contributed by atoms with Gasteiger partial charge in [0.15, 0.2) is 0 Å². The number of aromatic nitrogens is 1. The summed E-state index contributed by atoms with van der Waals surface area (Å²) in [5, 5.41) is 0.602. The molecular weight excluding hydrogens is 429 g/mol. The summed E-state index contributed by atoms with van der Waals surface area (Å²) < 4.78 is 41.5. The van der Waals surface area contributed by atoms with Gasteiger partial charge in [-0.25, -0.2) is 0 Å². The van der Waals surface area contributed by atoms with Crippen molar-refractivity contribution in [2.24, 2.45) is 7.05 Å². The molecule has 4 nitrogen and oxygen atoms in total. The summed E-state index contributed by atoms with van der Waals surface area (Å²) in [7, 11) is 1.60. The molecule has 1 amide bonds. The van der Waals surface area contributed by atoms with Crippen molar-refractivity contribution >= 4 is 22.6 Å². The molecule has 174 valence electrons. The first kappa shape index (κ1) is 23.1. The van der Waals surface area contributed by atoms with Crippen LogP contribution in [0, 0.1) is 20.8 Å². The molecule has 7 heteroatoms. The molecular formula is C26H27F3N2O2. The first-order valence-electron chi connectivity index (χ1n) is 11.1. The molecule has 33 heavy (non-hydrogen) atoms. The average Bonchev–Trinajstić information content (AvgIpc) is 3.10. The summed E-state index contributed by atoms with van der Waals surface area (Å²) in [4.78, 5) is 28.6. The largest absolute Gasteiger partial charge is 0.416 e. The van der Waals surface area contributed by atoms with E-state index in [0.717, 1.165) is 37.0 Å². The molecule has 0 saturated carbocycles. The van der Waals surface area contributed by atoms with Crippen molar-refractivity contribution < 1.29 is 22.8 Å². The second-order valence-electron chi connectivity index (χ2n) is 8.92. The second-order valence-corrected chi connectivity index (χ2v) is 8.92. The molecule has 0 N–H and O–H groups in total. The predicted octanol–water partition coefficient (Wildman–Crippen LogP) is 5.98. The Morgan fingerprint density at radius 2 is 1.58 bits per heavy atom. The summed E-state index contributed by atoms with van der Waals surface area (Å²) in [6.07, 6.45) is -1.42. The van der Waals surface area contributed by atoms with Crippen LogP contribution in [0.15, 0.2) is 30.3 Å². The number of benzene rings is 2. The smallest absolute Gasteiger partial charge is 0.341 e. The maximum Gasteiger partial charge on any atom is 0.416 e. The van der Waals surface area contributed by atoms with Crippen molar-refractivity contribution in [3.63, 3.8) is 0 Å². The zero-order chi connectivity index (χ0) is 24.1. The van der Waals surface area contributed by atoms with Crippen LogP contribution in [0.3, 0.4) is 0 Å². The third-order valence-corrected chi connectivity index (χ3v) is 6.70. The molecule has 4 rings (SSSR count). The van der Waals surface area contributed by atoms with E-state index in [1.54, 1.807) is 39.1 Å². The number of fused-ring (bicyclic) bond motifs is 1. The highest BCUT2D eigenvalue weighted by Crippen LogP contribution is 2.35. The highest BCUT2D eigenvalue weighted by molar-refractivity contribution is 6.14. The molecule has 2 heterocycles. The Labute approximate surface area is 191 Å². The Balaban J connectivity index is 1.80. The van der Waals surface area contributed by atoms with E-state index < -0.39 is 11.7 Å². The molecule has 1 aliphatic rings. The molecule has 1 saturated heterocycles. The van der Waals surface area contributed by atoms with Gasteiger partial charge in [0, 0.05) is 42.2 Å². The number of amides is 1. The Hall–Kier alpha value is -3.09. The van der Waals surface area contributed by atoms with Crippen molar-refractivity contribution in [3.05, 3.63) is 69.4 Å². The summed E-state index contributed by atoms with van der Waals surface area (Å²) >= 11 is 0. The van der Waals surface area contributed by atoms with Crippen LogP contribution in [-0.2, 0) is 13.2 Å². The third-order valence-electron chi connectivity index (χ3n) is 6.70. The number of rotatable bonds is 3. The van der Waals surface area contributed by atoms with Crippen LogP contribution in [-0.4, -0.2) is 34.2 Å². The maximum absolute atomic E-state index is 13.7. The van der Waals surface area contributed by atoms with E-state index >= 15 is 0 Å². The summed E-state index contributed by atoms with van der Waals surface area (Å²) in [6.45, 7) is 6.61. The van der Waals surface area contributed by atoms with Crippen molar-refractivity contribution in [3.8, 4) is 0 Å². The number of nitrogens with zero attached hydrogens (tertiary/aromatic N) is 2. The average molecular weight is 457 g/mol. The lowest BCUT2D eigenvalue weighted by molar-refractivity contribution is -0.137. The van der Waals surface area contributed by atoms with Crippen molar-refractivity contribution in [1.82, 2.24) is 9.47 Å². The molecule has 1 aromatic heterocycles. The summed E-state index contributed by atoms with van der Waals surface area (Å²) in [6, 6.07) is 7.36. The molecule has 0 atom stereocenters. The number of likely N-dealkylation sites (tertiary alicyclic amines) is 1. The fourth-order valence-corrected chi connectivity index (χ4v) is 4.81. The number of hydrogen-bond donors (Lipinski definition) is 0. The minimum atomic E-state index is -4.47. The van der Waals surface area contributed by atoms with E-state index in [1.165, 1.54) is 4.57 Å². The fourth-order valence-electron chi connectivity index (χ4n) is 4.81. The number of halogens is 3. The Kier molecular flexibility index (Phi) is 5.85. The molecule has 0 radical (unpaired) electrons. The zero-order valence-electron chi connectivity index (χ0n) is 19.3. The first-order chi connectivity index (χ1) is 15.5. The minimum absolute atomic E-state index is 0.0797. The number of carbonyl (C=O) groups is 2. The van der Waals surface area contributed by atoms with E-state index in [0.29, 0.717) is 51.9 Å². The van der Waals surface area contributed by atoms with Crippen molar-refractivity contribution in [2.45, 2.75) is 46.2 Å². The van der Waals surface area contributed by atoms with Gasteiger partial charge < -0.3 is 9.47 Å². The topological polar surface area (TPSA) is 42.3 Å². The van der Waals surface area contributed by atoms with E-state index in [1.807, 2.05) is 11.8 Å². The lowest BCUT2D eigenvalue weighted by Crippen LogP contribution is -2.36. The molecule has 0 bridgehead atoms. The van der Waals surface area contributed by atoms with Gasteiger partial charge in [0.2, 0.25) is 5.78 Å².